The highest BCUT2D eigenvalue weighted by molar-refractivity contribution is 8.19. The highest BCUT2D eigenvalue weighted by Crippen LogP contribution is 2.36. The first kappa shape index (κ1) is 14.6. The Morgan fingerprint density at radius 2 is 2.11 bits per heavy atom. The number of benzene rings is 1. The first-order valence-corrected chi connectivity index (χ1v) is 8.50. The third kappa shape index (κ3) is 2.70. The lowest BCUT2D eigenvalue weighted by Crippen LogP contribution is -2.32. The number of sulfonamides is 1. The summed E-state index contributed by atoms with van der Waals surface area (Å²) in [4.78, 5) is 4.60. The van der Waals surface area contributed by atoms with Gasteiger partial charge in [0, 0.05) is 19.2 Å². The Labute approximate surface area is 119 Å². The third-order valence-electron chi connectivity index (χ3n) is 3.00. The van der Waals surface area contributed by atoms with Gasteiger partial charge in [-0.25, -0.2) is 8.42 Å². The van der Waals surface area contributed by atoms with Crippen molar-refractivity contribution in [2.24, 2.45) is 4.99 Å². The van der Waals surface area contributed by atoms with Gasteiger partial charge in [0.1, 0.15) is 5.04 Å². The Bertz CT molecular complexity index is 609. The van der Waals surface area contributed by atoms with Gasteiger partial charge >= 0.3 is 0 Å². The van der Waals surface area contributed by atoms with Crippen molar-refractivity contribution in [2.75, 3.05) is 13.6 Å². The average molecular weight is 298 g/mol. The third-order valence-corrected chi connectivity index (χ3v) is 6.40. The summed E-state index contributed by atoms with van der Waals surface area (Å²) in [5.41, 5.74) is 1.76. The maximum atomic E-state index is 12.5. The zero-order chi connectivity index (χ0) is 14.0. The van der Waals surface area contributed by atoms with Gasteiger partial charge in [0.25, 0.3) is 10.0 Å². The second-order valence-electron chi connectivity index (χ2n) is 4.50. The average Bonchev–Trinajstić information content (AvgIpc) is 2.37. The molecule has 6 heteroatoms. The highest BCUT2D eigenvalue weighted by Gasteiger charge is 2.35. The van der Waals surface area contributed by atoms with Gasteiger partial charge in [0.15, 0.2) is 0 Å². The Hall–Kier alpha value is -0.850. The van der Waals surface area contributed by atoms with E-state index in [9.17, 15) is 8.42 Å². The largest absolute Gasteiger partial charge is 0.280 e. The van der Waals surface area contributed by atoms with Crippen molar-refractivity contribution in [3.8, 4) is 0 Å². The molecular formula is C13H18N2O2S2. The summed E-state index contributed by atoms with van der Waals surface area (Å²) in [6, 6.07) is 5.40. The zero-order valence-electron chi connectivity index (χ0n) is 11.4. The molecule has 0 spiro atoms. The van der Waals surface area contributed by atoms with Gasteiger partial charge in [0.2, 0.25) is 0 Å². The van der Waals surface area contributed by atoms with E-state index >= 15 is 0 Å². The summed E-state index contributed by atoms with van der Waals surface area (Å²) >= 11 is 1.23. The molecule has 1 aliphatic heterocycles. The van der Waals surface area contributed by atoms with Crippen LogP contribution in [0.15, 0.2) is 28.1 Å². The summed E-state index contributed by atoms with van der Waals surface area (Å²) in [6.45, 7) is 4.53. The van der Waals surface area contributed by atoms with E-state index in [1.807, 2.05) is 26.0 Å². The number of fused-ring (bicyclic) bond motifs is 1. The van der Waals surface area contributed by atoms with Crippen LogP contribution >= 0.6 is 11.9 Å². The van der Waals surface area contributed by atoms with Crippen molar-refractivity contribution < 1.29 is 8.42 Å². The van der Waals surface area contributed by atoms with Gasteiger partial charge in [-0.3, -0.25) is 4.99 Å². The van der Waals surface area contributed by atoms with Gasteiger partial charge < -0.3 is 0 Å². The number of nitrogens with zero attached hydrogens (tertiary/aromatic N) is 2. The van der Waals surface area contributed by atoms with Crippen LogP contribution < -0.4 is 0 Å². The molecule has 104 valence electrons. The normalized spacial score (nSPS) is 20.5. The number of hydrogen-bond acceptors (Lipinski definition) is 4. The molecule has 1 aliphatic rings. The lowest BCUT2D eigenvalue weighted by Gasteiger charge is -2.28. The van der Waals surface area contributed by atoms with Crippen LogP contribution in [0.25, 0.3) is 0 Å². The van der Waals surface area contributed by atoms with E-state index < -0.39 is 10.0 Å². The first-order chi connectivity index (χ1) is 9.00. The number of aryl methyl sites for hydroxylation is 1. The number of rotatable bonds is 3. The standard InChI is InChI=1S/C13H18N2O2S2/c1-4-5-8-15-18-13(14-3)11-9-10(2)6-7-12(11)19(15,16)17/h6-7,9H,4-5,8H2,1-3H3. The van der Waals surface area contributed by atoms with E-state index in [1.165, 1.54) is 15.7 Å². The molecule has 0 unspecified atom stereocenters. The van der Waals surface area contributed by atoms with E-state index in [0.717, 1.165) is 29.0 Å². The maximum Gasteiger partial charge on any atom is 0.253 e. The van der Waals surface area contributed by atoms with Gasteiger partial charge in [-0.15, -0.1) is 3.71 Å². The van der Waals surface area contributed by atoms with Crippen LogP contribution in [0.5, 0.6) is 0 Å². The fraction of sp³-hybridized carbons (Fsp3) is 0.462. The van der Waals surface area contributed by atoms with E-state index in [-0.39, 0.29) is 0 Å². The Morgan fingerprint density at radius 1 is 1.37 bits per heavy atom. The van der Waals surface area contributed by atoms with E-state index in [0.29, 0.717) is 11.4 Å². The van der Waals surface area contributed by atoms with Crippen LogP contribution in [0.3, 0.4) is 0 Å². The molecule has 0 bridgehead atoms. The van der Waals surface area contributed by atoms with E-state index in [2.05, 4.69) is 4.99 Å². The van der Waals surface area contributed by atoms with Crippen molar-refractivity contribution >= 4 is 27.0 Å². The fourth-order valence-electron chi connectivity index (χ4n) is 1.95. The summed E-state index contributed by atoms with van der Waals surface area (Å²) in [5, 5.41) is 0.768. The molecule has 0 radical (unpaired) electrons. The second-order valence-corrected chi connectivity index (χ2v) is 7.58. The van der Waals surface area contributed by atoms with Crippen molar-refractivity contribution in [3.63, 3.8) is 0 Å². The minimum atomic E-state index is -3.40. The van der Waals surface area contributed by atoms with E-state index in [1.54, 1.807) is 13.1 Å². The van der Waals surface area contributed by atoms with Crippen LogP contribution in [0.1, 0.15) is 30.9 Å². The summed E-state index contributed by atoms with van der Waals surface area (Å²) < 4.78 is 26.5. The van der Waals surface area contributed by atoms with Crippen LogP contribution in [0.2, 0.25) is 0 Å². The predicted molar refractivity (Wildman–Crippen MR) is 80.0 cm³/mol. The van der Waals surface area contributed by atoms with Crippen molar-refractivity contribution in [1.82, 2.24) is 3.71 Å². The number of hydrogen-bond donors (Lipinski definition) is 0. The van der Waals surface area contributed by atoms with Gasteiger partial charge in [-0.1, -0.05) is 25.0 Å². The summed E-state index contributed by atoms with van der Waals surface area (Å²) in [6.07, 6.45) is 1.82. The Morgan fingerprint density at radius 3 is 2.74 bits per heavy atom. The lowest BCUT2D eigenvalue weighted by atomic mass is 10.1. The molecule has 0 amide bonds. The van der Waals surface area contributed by atoms with Crippen LogP contribution in [-0.4, -0.2) is 30.8 Å². The van der Waals surface area contributed by atoms with Gasteiger partial charge in [0.05, 0.1) is 4.90 Å². The maximum absolute atomic E-state index is 12.5. The lowest BCUT2D eigenvalue weighted by molar-refractivity contribution is 0.532. The molecule has 0 fully saturated rings. The van der Waals surface area contributed by atoms with Crippen LogP contribution in [0, 0.1) is 6.92 Å². The SMILES string of the molecule is CCCCN1SC(=NC)c2cc(C)ccc2S1(=O)=O. The molecule has 1 heterocycles. The molecule has 2 rings (SSSR count). The Balaban J connectivity index is 2.53. The van der Waals surface area contributed by atoms with Crippen LogP contribution in [0.4, 0.5) is 0 Å². The number of unbranched alkanes of at least 4 members (excludes halogenated alkanes) is 1. The molecule has 0 N–H and O–H groups in total. The monoisotopic (exact) mass is 298 g/mol. The molecule has 19 heavy (non-hydrogen) atoms. The fourth-order valence-corrected chi connectivity index (χ4v) is 4.89. The number of aliphatic imine (C=N–C) groups is 1. The van der Waals surface area contributed by atoms with Crippen molar-refractivity contribution in [1.29, 1.82) is 0 Å². The molecule has 1 aromatic rings. The zero-order valence-corrected chi connectivity index (χ0v) is 13.0. The van der Waals surface area contributed by atoms with Crippen LogP contribution in [-0.2, 0) is 10.0 Å². The minimum absolute atomic E-state index is 0.369. The van der Waals surface area contributed by atoms with Crippen molar-refractivity contribution in [2.45, 2.75) is 31.6 Å². The summed E-state index contributed by atoms with van der Waals surface area (Å²) in [7, 11) is -1.70. The molecule has 1 aromatic carbocycles. The molecule has 0 aromatic heterocycles. The molecule has 0 saturated heterocycles. The first-order valence-electron chi connectivity index (χ1n) is 6.29. The smallest absolute Gasteiger partial charge is 0.253 e. The molecule has 0 saturated carbocycles. The predicted octanol–water partition coefficient (Wildman–Crippen LogP) is 2.82. The molecule has 0 aliphatic carbocycles. The molecular weight excluding hydrogens is 280 g/mol. The van der Waals surface area contributed by atoms with Gasteiger partial charge in [-0.2, -0.15) is 0 Å². The summed E-state index contributed by atoms with van der Waals surface area (Å²) in [5.74, 6) is 0. The molecule has 4 nitrogen and oxygen atoms in total. The van der Waals surface area contributed by atoms with E-state index in [4.69, 9.17) is 0 Å². The Kier molecular flexibility index (Phi) is 4.32. The minimum Gasteiger partial charge on any atom is -0.280 e. The highest BCUT2D eigenvalue weighted by atomic mass is 32.3. The second kappa shape index (κ2) is 5.64. The van der Waals surface area contributed by atoms with Gasteiger partial charge in [-0.05, 0) is 37.4 Å². The van der Waals surface area contributed by atoms with Crippen molar-refractivity contribution in [3.05, 3.63) is 29.3 Å². The molecule has 0 atom stereocenters. The quantitative estimate of drug-likeness (QED) is 0.806. The topological polar surface area (TPSA) is 49.7 Å².